The van der Waals surface area contributed by atoms with Gasteiger partial charge in [-0.1, -0.05) is 0 Å². The molecule has 0 saturated heterocycles. The first kappa shape index (κ1) is 13.1. The van der Waals surface area contributed by atoms with Gasteiger partial charge in [-0.15, -0.1) is 11.6 Å². The first-order valence-corrected chi connectivity index (χ1v) is 6.93. The van der Waals surface area contributed by atoms with Gasteiger partial charge in [0, 0.05) is 25.5 Å². The molecule has 0 saturated carbocycles. The summed E-state index contributed by atoms with van der Waals surface area (Å²) in [5.41, 5.74) is 2.83. The van der Waals surface area contributed by atoms with Crippen LogP contribution in [0.5, 0.6) is 0 Å². The number of imidazole rings is 1. The fourth-order valence-corrected chi connectivity index (χ4v) is 2.37. The second-order valence-corrected chi connectivity index (χ2v) is 5.12. The normalized spacial score (nSPS) is 11.3. The molecule has 0 fully saturated rings. The van der Waals surface area contributed by atoms with E-state index in [2.05, 4.69) is 20.1 Å². The molecule has 0 unspecified atom stereocenters. The van der Waals surface area contributed by atoms with Crippen LogP contribution in [0.4, 0.5) is 0 Å². The second kappa shape index (κ2) is 5.20. The lowest BCUT2D eigenvalue weighted by Crippen LogP contribution is -2.08. The Morgan fingerprint density at radius 1 is 1.30 bits per heavy atom. The number of rotatable bonds is 4. The molecule has 0 atom stereocenters. The van der Waals surface area contributed by atoms with E-state index in [1.165, 1.54) is 0 Å². The van der Waals surface area contributed by atoms with Crippen molar-refractivity contribution in [3.05, 3.63) is 35.8 Å². The Morgan fingerprint density at radius 3 is 2.85 bits per heavy atom. The van der Waals surface area contributed by atoms with Crippen molar-refractivity contribution >= 4 is 22.8 Å². The molecule has 0 aliphatic heterocycles. The summed E-state index contributed by atoms with van der Waals surface area (Å²) in [5, 5.41) is 4.31. The summed E-state index contributed by atoms with van der Waals surface area (Å²) in [7, 11) is 1.85. The second-order valence-electron chi connectivity index (χ2n) is 4.74. The number of nitrogens with zero attached hydrogens (tertiary/aromatic N) is 6. The molecule has 0 spiro atoms. The molecule has 0 radical (unpaired) electrons. The summed E-state index contributed by atoms with van der Waals surface area (Å²) in [6.45, 7) is 2.56. The minimum Gasteiger partial charge on any atom is -0.305 e. The van der Waals surface area contributed by atoms with Crippen molar-refractivity contribution in [2.45, 2.75) is 19.9 Å². The summed E-state index contributed by atoms with van der Waals surface area (Å²) in [6, 6.07) is 2.03. The molecule has 104 valence electrons. The van der Waals surface area contributed by atoms with Gasteiger partial charge in [-0.05, 0) is 18.6 Å². The fraction of sp³-hybridized carbons (Fsp3) is 0.385. The van der Waals surface area contributed by atoms with E-state index in [4.69, 9.17) is 11.6 Å². The van der Waals surface area contributed by atoms with Crippen molar-refractivity contribution in [2.75, 3.05) is 5.88 Å². The van der Waals surface area contributed by atoms with Gasteiger partial charge in [0.2, 0.25) is 0 Å². The lowest BCUT2D eigenvalue weighted by atomic mass is 10.3. The Bertz CT molecular complexity index is 744. The SMILES string of the molecule is Cc1cnc2c(c1)nc(CCCl)n2Cc1ncn(C)n1. The standard InChI is InChI=1S/C13H15ClN6/c1-9-5-10-13(15-6-9)20(12(17-10)3-4-14)7-11-16-8-19(2)18-11/h5-6,8H,3-4,7H2,1-2H3. The molecule has 0 aromatic carbocycles. The Kier molecular flexibility index (Phi) is 3.40. The maximum Gasteiger partial charge on any atom is 0.170 e. The van der Waals surface area contributed by atoms with Crippen LogP contribution in [-0.4, -0.2) is 35.2 Å². The molecule has 0 bridgehead atoms. The van der Waals surface area contributed by atoms with Crippen molar-refractivity contribution in [1.82, 2.24) is 29.3 Å². The van der Waals surface area contributed by atoms with E-state index in [0.717, 1.165) is 28.4 Å². The summed E-state index contributed by atoms with van der Waals surface area (Å²) >= 11 is 5.86. The van der Waals surface area contributed by atoms with E-state index < -0.39 is 0 Å². The van der Waals surface area contributed by atoms with Gasteiger partial charge in [0.25, 0.3) is 0 Å². The van der Waals surface area contributed by atoms with Crippen LogP contribution < -0.4 is 0 Å². The highest BCUT2D eigenvalue weighted by atomic mass is 35.5. The molecule has 20 heavy (non-hydrogen) atoms. The maximum absolute atomic E-state index is 5.86. The molecule has 3 aromatic rings. The van der Waals surface area contributed by atoms with Crippen LogP contribution >= 0.6 is 11.6 Å². The summed E-state index contributed by atoms with van der Waals surface area (Å²) < 4.78 is 3.72. The highest BCUT2D eigenvalue weighted by Crippen LogP contribution is 2.17. The lowest BCUT2D eigenvalue weighted by molar-refractivity contribution is 0.685. The van der Waals surface area contributed by atoms with Crippen molar-refractivity contribution < 1.29 is 0 Å². The minimum atomic E-state index is 0.526. The summed E-state index contributed by atoms with van der Waals surface area (Å²) in [6.07, 6.45) is 4.23. The van der Waals surface area contributed by atoms with Crippen LogP contribution in [0.15, 0.2) is 18.6 Å². The van der Waals surface area contributed by atoms with E-state index in [9.17, 15) is 0 Å². The van der Waals surface area contributed by atoms with E-state index >= 15 is 0 Å². The average molecular weight is 291 g/mol. The van der Waals surface area contributed by atoms with Crippen LogP contribution in [0, 0.1) is 6.92 Å². The zero-order chi connectivity index (χ0) is 14.1. The van der Waals surface area contributed by atoms with Crippen molar-refractivity contribution in [3.8, 4) is 0 Å². The first-order valence-electron chi connectivity index (χ1n) is 6.39. The third-order valence-electron chi connectivity index (χ3n) is 3.07. The third kappa shape index (κ3) is 2.38. The van der Waals surface area contributed by atoms with Gasteiger partial charge in [0.15, 0.2) is 11.5 Å². The quantitative estimate of drug-likeness (QED) is 0.686. The lowest BCUT2D eigenvalue weighted by Gasteiger charge is -2.05. The number of alkyl halides is 1. The molecular formula is C13H15ClN6. The fourth-order valence-electron chi connectivity index (χ4n) is 2.20. The number of halogens is 1. The number of aryl methyl sites for hydroxylation is 3. The van der Waals surface area contributed by atoms with Gasteiger partial charge in [-0.25, -0.2) is 15.0 Å². The van der Waals surface area contributed by atoms with Gasteiger partial charge in [0.05, 0.1) is 6.54 Å². The summed E-state index contributed by atoms with van der Waals surface area (Å²) in [4.78, 5) is 13.4. The molecule has 3 rings (SSSR count). The van der Waals surface area contributed by atoms with Gasteiger partial charge in [0.1, 0.15) is 17.7 Å². The molecule has 0 aliphatic carbocycles. The summed E-state index contributed by atoms with van der Waals surface area (Å²) in [5.74, 6) is 2.18. The van der Waals surface area contributed by atoms with Crippen molar-refractivity contribution in [2.24, 2.45) is 7.05 Å². The van der Waals surface area contributed by atoms with Crippen molar-refractivity contribution in [3.63, 3.8) is 0 Å². The zero-order valence-corrected chi connectivity index (χ0v) is 12.2. The highest BCUT2D eigenvalue weighted by molar-refractivity contribution is 6.17. The van der Waals surface area contributed by atoms with Gasteiger partial charge >= 0.3 is 0 Å². The molecule has 0 amide bonds. The van der Waals surface area contributed by atoms with Crippen LogP contribution in [0.25, 0.3) is 11.2 Å². The van der Waals surface area contributed by atoms with Crippen molar-refractivity contribution in [1.29, 1.82) is 0 Å². The minimum absolute atomic E-state index is 0.526. The Morgan fingerprint density at radius 2 is 2.15 bits per heavy atom. The van der Waals surface area contributed by atoms with Gasteiger partial charge in [-0.3, -0.25) is 4.68 Å². The van der Waals surface area contributed by atoms with Crippen LogP contribution in [0.3, 0.4) is 0 Å². The van der Waals surface area contributed by atoms with E-state index in [1.54, 1.807) is 11.0 Å². The molecule has 3 aromatic heterocycles. The number of hydrogen-bond acceptors (Lipinski definition) is 4. The number of hydrogen-bond donors (Lipinski definition) is 0. The molecule has 0 aliphatic rings. The van der Waals surface area contributed by atoms with E-state index in [-0.39, 0.29) is 0 Å². The van der Waals surface area contributed by atoms with Crippen LogP contribution in [0.1, 0.15) is 17.2 Å². The van der Waals surface area contributed by atoms with Crippen LogP contribution in [0.2, 0.25) is 0 Å². The Labute approximate surface area is 121 Å². The highest BCUT2D eigenvalue weighted by Gasteiger charge is 2.13. The maximum atomic E-state index is 5.86. The predicted octanol–water partition coefficient (Wildman–Crippen LogP) is 1.70. The first-order chi connectivity index (χ1) is 9.67. The molecule has 6 nitrogen and oxygen atoms in total. The molecular weight excluding hydrogens is 276 g/mol. The van der Waals surface area contributed by atoms with E-state index in [1.807, 2.05) is 30.8 Å². The zero-order valence-electron chi connectivity index (χ0n) is 11.4. The number of fused-ring (bicyclic) bond motifs is 1. The smallest absolute Gasteiger partial charge is 0.170 e. The Hall–Kier alpha value is -1.95. The van der Waals surface area contributed by atoms with E-state index in [0.29, 0.717) is 18.8 Å². The molecule has 7 heteroatoms. The monoisotopic (exact) mass is 290 g/mol. The van der Waals surface area contributed by atoms with Crippen LogP contribution in [-0.2, 0) is 20.0 Å². The largest absolute Gasteiger partial charge is 0.305 e. The number of aromatic nitrogens is 6. The topological polar surface area (TPSA) is 61.4 Å². The predicted molar refractivity (Wildman–Crippen MR) is 76.8 cm³/mol. The van der Waals surface area contributed by atoms with Gasteiger partial charge in [-0.2, -0.15) is 5.10 Å². The molecule has 0 N–H and O–H groups in total. The van der Waals surface area contributed by atoms with Gasteiger partial charge < -0.3 is 4.57 Å². The third-order valence-corrected chi connectivity index (χ3v) is 3.25. The molecule has 3 heterocycles. The average Bonchev–Trinajstić information content (AvgIpc) is 2.95. The Balaban J connectivity index is 2.08. The number of pyridine rings is 1.